The number of benzene rings is 1. The maximum Gasteiger partial charge on any atom is 0.180 e. The number of hydrogen-bond acceptors (Lipinski definition) is 3. The molecule has 0 amide bonds. The lowest BCUT2D eigenvalue weighted by atomic mass is 9.88. The van der Waals surface area contributed by atoms with Gasteiger partial charge in [0.25, 0.3) is 0 Å². The van der Waals surface area contributed by atoms with Crippen LogP contribution in [0.15, 0.2) is 12.1 Å². The van der Waals surface area contributed by atoms with Crippen LogP contribution in [-0.2, 0) is 5.54 Å². The molecule has 18 heavy (non-hydrogen) atoms. The van der Waals surface area contributed by atoms with Gasteiger partial charge in [-0.3, -0.25) is 0 Å². The summed E-state index contributed by atoms with van der Waals surface area (Å²) in [6.45, 7) is 1.31. The van der Waals surface area contributed by atoms with Crippen LogP contribution in [-0.4, -0.2) is 13.2 Å². The summed E-state index contributed by atoms with van der Waals surface area (Å²) in [6.07, 6.45) is 5.24. The predicted octanol–water partition coefficient (Wildman–Crippen LogP) is 3.23. The average Bonchev–Trinajstić information content (AvgIpc) is 2.65. The van der Waals surface area contributed by atoms with E-state index in [2.05, 4.69) is 0 Å². The van der Waals surface area contributed by atoms with Crippen LogP contribution in [0, 0.1) is 0 Å². The second kappa shape index (κ2) is 4.63. The first-order valence-electron chi connectivity index (χ1n) is 6.58. The molecule has 0 atom stereocenters. The lowest BCUT2D eigenvalue weighted by molar-refractivity contribution is 0.293. The van der Waals surface area contributed by atoms with Gasteiger partial charge in [-0.15, -0.1) is 0 Å². The van der Waals surface area contributed by atoms with E-state index in [0.717, 1.165) is 30.6 Å². The summed E-state index contributed by atoms with van der Waals surface area (Å²) in [7, 11) is 0. The largest absolute Gasteiger partial charge is 0.489 e. The Morgan fingerprint density at radius 1 is 1.00 bits per heavy atom. The fourth-order valence-corrected chi connectivity index (χ4v) is 3.09. The molecule has 0 unspecified atom stereocenters. The summed E-state index contributed by atoms with van der Waals surface area (Å²) in [5, 5.41) is 0.609. The van der Waals surface area contributed by atoms with E-state index in [1.54, 1.807) is 0 Å². The zero-order valence-electron chi connectivity index (χ0n) is 10.4. The van der Waals surface area contributed by atoms with Crippen molar-refractivity contribution < 1.29 is 9.47 Å². The second-order valence-corrected chi connectivity index (χ2v) is 5.57. The van der Waals surface area contributed by atoms with Gasteiger partial charge in [0.1, 0.15) is 0 Å². The molecule has 0 spiro atoms. The van der Waals surface area contributed by atoms with Crippen LogP contribution >= 0.6 is 11.6 Å². The molecule has 0 aromatic heterocycles. The van der Waals surface area contributed by atoms with Gasteiger partial charge >= 0.3 is 0 Å². The molecule has 1 aromatic rings. The summed E-state index contributed by atoms with van der Waals surface area (Å²) in [5.74, 6) is 1.44. The molecule has 3 nitrogen and oxygen atoms in total. The summed E-state index contributed by atoms with van der Waals surface area (Å²) >= 11 is 6.19. The quantitative estimate of drug-likeness (QED) is 0.850. The van der Waals surface area contributed by atoms with Gasteiger partial charge in [0, 0.05) is 17.5 Å². The van der Waals surface area contributed by atoms with Gasteiger partial charge in [-0.2, -0.15) is 0 Å². The molecule has 1 heterocycles. The van der Waals surface area contributed by atoms with Crippen LogP contribution in [0.4, 0.5) is 0 Å². The van der Waals surface area contributed by atoms with Crippen molar-refractivity contribution in [2.45, 2.75) is 37.6 Å². The number of rotatable bonds is 1. The lowest BCUT2D eigenvalue weighted by Crippen LogP contribution is -2.33. The molecule has 1 aliphatic carbocycles. The maximum absolute atomic E-state index is 6.53. The Labute approximate surface area is 112 Å². The van der Waals surface area contributed by atoms with Gasteiger partial charge in [-0.1, -0.05) is 30.5 Å². The standard InChI is InChI=1S/C14H18ClNO2/c15-11-5-4-10(14(16)6-1-2-7-14)12-13(11)18-9-3-8-17-12/h4-5H,1-3,6-9,16H2. The van der Waals surface area contributed by atoms with Crippen molar-refractivity contribution in [3.63, 3.8) is 0 Å². The van der Waals surface area contributed by atoms with Crippen LogP contribution in [0.5, 0.6) is 11.5 Å². The third-order valence-electron chi connectivity index (χ3n) is 3.88. The van der Waals surface area contributed by atoms with E-state index >= 15 is 0 Å². The molecule has 1 aromatic carbocycles. The molecule has 1 fully saturated rings. The van der Waals surface area contributed by atoms with Crippen molar-refractivity contribution in [3.05, 3.63) is 22.7 Å². The Morgan fingerprint density at radius 2 is 1.67 bits per heavy atom. The number of hydrogen-bond donors (Lipinski definition) is 1. The van der Waals surface area contributed by atoms with Crippen molar-refractivity contribution in [1.29, 1.82) is 0 Å². The summed E-state index contributed by atoms with van der Waals surface area (Å²) in [5.41, 5.74) is 7.31. The minimum absolute atomic E-state index is 0.275. The van der Waals surface area contributed by atoms with Gasteiger partial charge in [0.15, 0.2) is 11.5 Å². The third-order valence-corrected chi connectivity index (χ3v) is 4.18. The first-order chi connectivity index (χ1) is 8.71. The Balaban J connectivity index is 2.10. The van der Waals surface area contributed by atoms with Gasteiger partial charge in [0.2, 0.25) is 0 Å². The van der Waals surface area contributed by atoms with Crippen LogP contribution in [0.1, 0.15) is 37.7 Å². The van der Waals surface area contributed by atoms with E-state index in [-0.39, 0.29) is 5.54 Å². The van der Waals surface area contributed by atoms with Crippen molar-refractivity contribution in [2.24, 2.45) is 5.73 Å². The zero-order valence-corrected chi connectivity index (χ0v) is 11.1. The molecule has 4 heteroatoms. The third kappa shape index (κ3) is 1.95. The second-order valence-electron chi connectivity index (χ2n) is 5.17. The molecule has 3 rings (SSSR count). The highest BCUT2D eigenvalue weighted by atomic mass is 35.5. The monoisotopic (exact) mass is 267 g/mol. The SMILES string of the molecule is NC1(c2ccc(Cl)c3c2OCCCO3)CCCC1. The number of fused-ring (bicyclic) bond motifs is 1. The Kier molecular flexibility index (Phi) is 3.12. The molecule has 2 aliphatic rings. The summed E-state index contributed by atoms with van der Waals surface area (Å²) in [6, 6.07) is 3.87. The first-order valence-corrected chi connectivity index (χ1v) is 6.96. The highest BCUT2D eigenvalue weighted by Gasteiger charge is 2.36. The zero-order chi connectivity index (χ0) is 12.6. The fourth-order valence-electron chi connectivity index (χ4n) is 2.89. The topological polar surface area (TPSA) is 44.5 Å². The maximum atomic E-state index is 6.53. The Morgan fingerprint density at radius 3 is 2.39 bits per heavy atom. The van der Waals surface area contributed by atoms with Crippen LogP contribution in [0.25, 0.3) is 0 Å². The van der Waals surface area contributed by atoms with E-state index in [1.165, 1.54) is 12.8 Å². The summed E-state index contributed by atoms with van der Waals surface area (Å²) < 4.78 is 11.6. The van der Waals surface area contributed by atoms with Crippen LogP contribution in [0.3, 0.4) is 0 Å². The number of ether oxygens (including phenoxy) is 2. The first kappa shape index (κ1) is 12.1. The average molecular weight is 268 g/mol. The normalized spacial score (nSPS) is 21.7. The highest BCUT2D eigenvalue weighted by Crippen LogP contribution is 2.47. The smallest absolute Gasteiger partial charge is 0.180 e. The van der Waals surface area contributed by atoms with E-state index in [9.17, 15) is 0 Å². The molecule has 1 saturated carbocycles. The van der Waals surface area contributed by atoms with Gasteiger partial charge in [-0.25, -0.2) is 0 Å². The highest BCUT2D eigenvalue weighted by molar-refractivity contribution is 6.32. The van der Waals surface area contributed by atoms with Crippen LogP contribution < -0.4 is 15.2 Å². The number of nitrogens with two attached hydrogens (primary N) is 1. The minimum Gasteiger partial charge on any atom is -0.489 e. The molecule has 1 aliphatic heterocycles. The van der Waals surface area contributed by atoms with E-state index in [0.29, 0.717) is 24.0 Å². The molecule has 0 radical (unpaired) electrons. The minimum atomic E-state index is -0.275. The molecule has 0 saturated heterocycles. The molecule has 2 N–H and O–H groups in total. The molecule has 98 valence electrons. The van der Waals surface area contributed by atoms with Gasteiger partial charge in [-0.05, 0) is 18.9 Å². The van der Waals surface area contributed by atoms with E-state index < -0.39 is 0 Å². The van der Waals surface area contributed by atoms with Crippen molar-refractivity contribution in [1.82, 2.24) is 0 Å². The molecule has 0 bridgehead atoms. The van der Waals surface area contributed by atoms with E-state index in [1.807, 2.05) is 12.1 Å². The number of halogens is 1. The Bertz CT molecular complexity index is 455. The van der Waals surface area contributed by atoms with Gasteiger partial charge in [0.05, 0.1) is 18.2 Å². The predicted molar refractivity (Wildman–Crippen MR) is 71.4 cm³/mol. The summed E-state index contributed by atoms with van der Waals surface area (Å²) in [4.78, 5) is 0. The lowest BCUT2D eigenvalue weighted by Gasteiger charge is -2.27. The molecular formula is C14H18ClNO2. The van der Waals surface area contributed by atoms with Crippen LogP contribution in [0.2, 0.25) is 5.02 Å². The molecular weight excluding hydrogens is 250 g/mol. The van der Waals surface area contributed by atoms with E-state index in [4.69, 9.17) is 26.8 Å². The van der Waals surface area contributed by atoms with Crippen molar-refractivity contribution >= 4 is 11.6 Å². The van der Waals surface area contributed by atoms with Crippen molar-refractivity contribution in [2.75, 3.05) is 13.2 Å². The fraction of sp³-hybridized carbons (Fsp3) is 0.571. The van der Waals surface area contributed by atoms with Gasteiger partial charge < -0.3 is 15.2 Å². The van der Waals surface area contributed by atoms with Crippen molar-refractivity contribution in [3.8, 4) is 11.5 Å². The Hall–Kier alpha value is -0.930.